The van der Waals surface area contributed by atoms with Crippen molar-refractivity contribution in [3.8, 4) is 5.75 Å². The van der Waals surface area contributed by atoms with Crippen LogP contribution in [0.5, 0.6) is 5.75 Å². The van der Waals surface area contributed by atoms with Gasteiger partial charge in [-0.2, -0.15) is 0 Å². The summed E-state index contributed by atoms with van der Waals surface area (Å²) in [4.78, 5) is 10.7. The van der Waals surface area contributed by atoms with Crippen LogP contribution in [-0.2, 0) is 0 Å². The van der Waals surface area contributed by atoms with Crippen LogP contribution in [0.3, 0.4) is 0 Å². The molecule has 0 unspecified atom stereocenters. The van der Waals surface area contributed by atoms with Crippen LogP contribution in [0.1, 0.15) is 15.9 Å². The zero-order valence-corrected chi connectivity index (χ0v) is 8.05. The Labute approximate surface area is 80.9 Å². The molecule has 0 fully saturated rings. The lowest BCUT2D eigenvalue weighted by Gasteiger charge is -2.06. The van der Waals surface area contributed by atoms with Gasteiger partial charge < -0.3 is 9.84 Å². The topological polar surface area (TPSA) is 46.5 Å². The van der Waals surface area contributed by atoms with Crippen molar-refractivity contribution in [2.45, 2.75) is 6.92 Å². The Morgan fingerprint density at radius 1 is 1.54 bits per heavy atom. The van der Waals surface area contributed by atoms with Gasteiger partial charge in [-0.25, -0.2) is 4.79 Å². The van der Waals surface area contributed by atoms with E-state index in [0.29, 0.717) is 5.02 Å². The third-order valence-corrected chi connectivity index (χ3v) is 2.12. The van der Waals surface area contributed by atoms with Crippen LogP contribution in [0.15, 0.2) is 12.1 Å². The highest BCUT2D eigenvalue weighted by molar-refractivity contribution is 6.31. The smallest absolute Gasteiger partial charge is 0.339 e. The Hall–Kier alpha value is -1.22. The second-order valence-corrected chi connectivity index (χ2v) is 3.01. The molecular formula is C9H9ClO3. The second-order valence-electron chi connectivity index (χ2n) is 2.61. The number of benzene rings is 1. The third-order valence-electron chi connectivity index (χ3n) is 1.71. The molecular weight excluding hydrogens is 192 g/mol. The summed E-state index contributed by atoms with van der Waals surface area (Å²) in [5, 5.41) is 9.29. The molecule has 1 aromatic rings. The fourth-order valence-electron chi connectivity index (χ4n) is 0.999. The predicted octanol–water partition coefficient (Wildman–Crippen LogP) is 2.36. The lowest BCUT2D eigenvalue weighted by atomic mass is 10.1. The number of carboxylic acids is 1. The summed E-state index contributed by atoms with van der Waals surface area (Å²) >= 11 is 5.80. The molecule has 1 rings (SSSR count). The highest BCUT2D eigenvalue weighted by Gasteiger charge is 2.12. The van der Waals surface area contributed by atoms with Crippen molar-refractivity contribution in [1.82, 2.24) is 0 Å². The maximum absolute atomic E-state index is 10.7. The molecule has 0 amide bonds. The molecule has 0 saturated heterocycles. The van der Waals surface area contributed by atoms with Crippen LogP contribution in [-0.4, -0.2) is 18.2 Å². The van der Waals surface area contributed by atoms with Crippen molar-refractivity contribution >= 4 is 17.6 Å². The SMILES string of the molecule is COc1cc(Cl)c(C)cc1C(=O)O. The lowest BCUT2D eigenvalue weighted by molar-refractivity contribution is 0.0693. The summed E-state index contributed by atoms with van der Waals surface area (Å²) in [7, 11) is 1.41. The van der Waals surface area contributed by atoms with E-state index in [1.165, 1.54) is 19.2 Å². The summed E-state index contributed by atoms with van der Waals surface area (Å²) in [6, 6.07) is 2.99. The Balaban J connectivity index is 3.33. The van der Waals surface area contributed by atoms with Gasteiger partial charge in [0.2, 0.25) is 0 Å². The van der Waals surface area contributed by atoms with E-state index in [2.05, 4.69) is 0 Å². The van der Waals surface area contributed by atoms with Gasteiger partial charge in [-0.3, -0.25) is 0 Å². The minimum atomic E-state index is -1.02. The van der Waals surface area contributed by atoms with Crippen LogP contribution >= 0.6 is 11.6 Å². The molecule has 0 bridgehead atoms. The summed E-state index contributed by atoms with van der Waals surface area (Å²) in [6.07, 6.45) is 0. The van der Waals surface area contributed by atoms with E-state index in [4.69, 9.17) is 21.4 Å². The van der Waals surface area contributed by atoms with Gasteiger partial charge in [-0.15, -0.1) is 0 Å². The first-order valence-corrected chi connectivity index (χ1v) is 4.01. The Bertz CT molecular complexity index is 347. The van der Waals surface area contributed by atoms with E-state index in [1.54, 1.807) is 6.92 Å². The molecule has 0 radical (unpaired) electrons. The number of hydrogen-bond acceptors (Lipinski definition) is 2. The predicted molar refractivity (Wildman–Crippen MR) is 49.7 cm³/mol. The molecule has 0 aliphatic heterocycles. The van der Waals surface area contributed by atoms with Crippen molar-refractivity contribution < 1.29 is 14.6 Å². The summed E-state index contributed by atoms with van der Waals surface area (Å²) < 4.78 is 4.88. The molecule has 0 aromatic heterocycles. The van der Waals surface area contributed by atoms with Gasteiger partial charge in [0.25, 0.3) is 0 Å². The molecule has 70 valence electrons. The van der Waals surface area contributed by atoms with E-state index < -0.39 is 5.97 Å². The number of halogens is 1. The number of methoxy groups -OCH3 is 1. The molecule has 0 saturated carbocycles. The monoisotopic (exact) mass is 200 g/mol. The fraction of sp³-hybridized carbons (Fsp3) is 0.222. The maximum atomic E-state index is 10.7. The highest BCUT2D eigenvalue weighted by Crippen LogP contribution is 2.26. The number of hydrogen-bond donors (Lipinski definition) is 1. The summed E-state index contributed by atoms with van der Waals surface area (Å²) in [6.45, 7) is 1.74. The van der Waals surface area contributed by atoms with Crippen molar-refractivity contribution in [3.05, 3.63) is 28.3 Å². The molecule has 4 heteroatoms. The summed E-state index contributed by atoms with van der Waals surface area (Å²) in [5.74, 6) is -0.736. The number of carbonyl (C=O) groups is 1. The van der Waals surface area contributed by atoms with Crippen LogP contribution in [0.2, 0.25) is 5.02 Å². The Kier molecular flexibility index (Phi) is 2.78. The van der Waals surface area contributed by atoms with E-state index in [-0.39, 0.29) is 11.3 Å². The van der Waals surface area contributed by atoms with Gasteiger partial charge >= 0.3 is 5.97 Å². The fourth-order valence-corrected chi connectivity index (χ4v) is 1.15. The van der Waals surface area contributed by atoms with Crippen molar-refractivity contribution in [2.75, 3.05) is 7.11 Å². The second kappa shape index (κ2) is 3.66. The molecule has 0 atom stereocenters. The molecule has 0 aliphatic carbocycles. The quantitative estimate of drug-likeness (QED) is 0.797. The zero-order chi connectivity index (χ0) is 10.0. The largest absolute Gasteiger partial charge is 0.496 e. The van der Waals surface area contributed by atoms with Crippen LogP contribution in [0.25, 0.3) is 0 Å². The van der Waals surface area contributed by atoms with E-state index in [9.17, 15) is 4.79 Å². The van der Waals surface area contributed by atoms with E-state index >= 15 is 0 Å². The minimum Gasteiger partial charge on any atom is -0.496 e. The Morgan fingerprint density at radius 3 is 2.62 bits per heavy atom. The van der Waals surface area contributed by atoms with Crippen molar-refractivity contribution in [2.24, 2.45) is 0 Å². The van der Waals surface area contributed by atoms with Crippen LogP contribution in [0, 0.1) is 6.92 Å². The van der Waals surface area contributed by atoms with Gasteiger partial charge in [0.05, 0.1) is 7.11 Å². The average Bonchev–Trinajstić information content (AvgIpc) is 2.08. The molecule has 3 nitrogen and oxygen atoms in total. The van der Waals surface area contributed by atoms with E-state index in [1.807, 2.05) is 0 Å². The third kappa shape index (κ3) is 1.92. The zero-order valence-electron chi connectivity index (χ0n) is 7.30. The summed E-state index contributed by atoms with van der Waals surface area (Å²) in [5.41, 5.74) is 0.851. The van der Waals surface area contributed by atoms with Crippen LogP contribution in [0.4, 0.5) is 0 Å². The normalized spacial score (nSPS) is 9.77. The molecule has 1 N–H and O–H groups in total. The first-order chi connectivity index (χ1) is 6.06. The molecule has 0 aliphatic rings. The van der Waals surface area contributed by atoms with Crippen molar-refractivity contribution in [3.63, 3.8) is 0 Å². The molecule has 13 heavy (non-hydrogen) atoms. The number of carboxylic acid groups (broad SMARTS) is 1. The average molecular weight is 201 g/mol. The van der Waals surface area contributed by atoms with Gasteiger partial charge in [0, 0.05) is 5.02 Å². The van der Waals surface area contributed by atoms with Gasteiger partial charge in [0.15, 0.2) is 0 Å². The molecule has 0 heterocycles. The number of aromatic carboxylic acids is 1. The first-order valence-electron chi connectivity index (χ1n) is 3.63. The van der Waals surface area contributed by atoms with Crippen LogP contribution < -0.4 is 4.74 Å². The number of rotatable bonds is 2. The highest BCUT2D eigenvalue weighted by atomic mass is 35.5. The van der Waals surface area contributed by atoms with Gasteiger partial charge in [0.1, 0.15) is 11.3 Å². The standard InChI is InChI=1S/C9H9ClO3/c1-5-3-6(9(11)12)8(13-2)4-7(5)10/h3-4H,1-2H3,(H,11,12). The minimum absolute atomic E-state index is 0.129. The molecule has 0 spiro atoms. The van der Waals surface area contributed by atoms with Gasteiger partial charge in [-0.1, -0.05) is 11.6 Å². The Morgan fingerprint density at radius 2 is 2.15 bits per heavy atom. The number of aryl methyl sites for hydroxylation is 1. The molecule has 1 aromatic carbocycles. The van der Waals surface area contributed by atoms with Crippen molar-refractivity contribution in [1.29, 1.82) is 0 Å². The van der Waals surface area contributed by atoms with E-state index in [0.717, 1.165) is 5.56 Å². The first kappa shape index (κ1) is 9.86. The number of ether oxygens (including phenoxy) is 1. The van der Waals surface area contributed by atoms with Gasteiger partial charge in [-0.05, 0) is 24.6 Å². The maximum Gasteiger partial charge on any atom is 0.339 e. The lowest BCUT2D eigenvalue weighted by Crippen LogP contribution is -2.01.